The van der Waals surface area contributed by atoms with E-state index in [9.17, 15) is 0 Å². The summed E-state index contributed by atoms with van der Waals surface area (Å²) in [7, 11) is 4.19. The van der Waals surface area contributed by atoms with Crippen molar-refractivity contribution in [1.82, 2.24) is 25.0 Å². The number of hydrogen-bond acceptors (Lipinski definition) is 4. The fraction of sp³-hybridized carbons (Fsp3) is 0.818. The lowest BCUT2D eigenvalue weighted by atomic mass is 10.4. The Morgan fingerprint density at radius 1 is 1.44 bits per heavy atom. The van der Waals surface area contributed by atoms with Crippen molar-refractivity contribution in [3.05, 3.63) is 12.2 Å². The molecule has 1 N–H and O–H groups in total. The SMILES string of the molecule is CC(C)n1ncnc1CNCCCN(C)C. The number of aromatic nitrogens is 3. The molecule has 1 aromatic heterocycles. The van der Waals surface area contributed by atoms with E-state index in [0.717, 1.165) is 31.9 Å². The molecule has 0 aliphatic rings. The summed E-state index contributed by atoms with van der Waals surface area (Å²) < 4.78 is 1.96. The molecule has 0 unspecified atom stereocenters. The van der Waals surface area contributed by atoms with Crippen molar-refractivity contribution in [2.45, 2.75) is 32.9 Å². The standard InChI is InChI=1S/C11H23N5/c1-10(2)16-11(13-9-14-16)8-12-6-5-7-15(3)4/h9-10,12H,5-8H2,1-4H3. The predicted octanol–water partition coefficient (Wildman–Crippen LogP) is 0.900. The first-order valence-electron chi connectivity index (χ1n) is 5.85. The number of nitrogens with zero attached hydrogens (tertiary/aromatic N) is 4. The van der Waals surface area contributed by atoms with E-state index in [2.05, 4.69) is 48.2 Å². The zero-order valence-electron chi connectivity index (χ0n) is 10.8. The minimum absolute atomic E-state index is 0.376. The molecule has 0 amide bonds. The second kappa shape index (κ2) is 6.60. The van der Waals surface area contributed by atoms with Crippen molar-refractivity contribution >= 4 is 0 Å². The van der Waals surface area contributed by atoms with E-state index in [1.807, 2.05) is 4.68 Å². The van der Waals surface area contributed by atoms with Crippen molar-refractivity contribution < 1.29 is 0 Å². The highest BCUT2D eigenvalue weighted by Gasteiger charge is 2.06. The zero-order valence-corrected chi connectivity index (χ0v) is 10.8. The third-order valence-electron chi connectivity index (χ3n) is 2.38. The Labute approximate surface area is 97.9 Å². The lowest BCUT2D eigenvalue weighted by molar-refractivity contribution is 0.392. The molecule has 0 atom stereocenters. The maximum Gasteiger partial charge on any atom is 0.141 e. The molecular weight excluding hydrogens is 202 g/mol. The van der Waals surface area contributed by atoms with Crippen LogP contribution in [0.4, 0.5) is 0 Å². The molecular formula is C11H23N5. The summed E-state index contributed by atoms with van der Waals surface area (Å²) >= 11 is 0. The van der Waals surface area contributed by atoms with E-state index in [0.29, 0.717) is 6.04 Å². The average molecular weight is 225 g/mol. The van der Waals surface area contributed by atoms with Crippen molar-refractivity contribution in [3.8, 4) is 0 Å². The second-order valence-corrected chi connectivity index (χ2v) is 4.55. The molecule has 0 fully saturated rings. The van der Waals surface area contributed by atoms with E-state index >= 15 is 0 Å². The molecule has 92 valence electrons. The van der Waals surface area contributed by atoms with E-state index in [1.165, 1.54) is 0 Å². The van der Waals surface area contributed by atoms with Gasteiger partial charge in [0.2, 0.25) is 0 Å². The van der Waals surface area contributed by atoms with E-state index < -0.39 is 0 Å². The molecule has 0 radical (unpaired) electrons. The van der Waals surface area contributed by atoms with Crippen LogP contribution in [0.25, 0.3) is 0 Å². The number of rotatable bonds is 7. The topological polar surface area (TPSA) is 46.0 Å². The molecule has 0 aliphatic heterocycles. The third-order valence-corrected chi connectivity index (χ3v) is 2.38. The molecule has 1 heterocycles. The summed E-state index contributed by atoms with van der Waals surface area (Å²) in [5.41, 5.74) is 0. The van der Waals surface area contributed by atoms with Gasteiger partial charge in [0.15, 0.2) is 0 Å². The Morgan fingerprint density at radius 2 is 2.19 bits per heavy atom. The first kappa shape index (κ1) is 13.1. The van der Waals surface area contributed by atoms with Crippen LogP contribution in [0.1, 0.15) is 32.1 Å². The smallest absolute Gasteiger partial charge is 0.141 e. The van der Waals surface area contributed by atoms with Crippen LogP contribution in [0.15, 0.2) is 6.33 Å². The quantitative estimate of drug-likeness (QED) is 0.700. The zero-order chi connectivity index (χ0) is 12.0. The van der Waals surface area contributed by atoms with Crippen LogP contribution < -0.4 is 5.32 Å². The van der Waals surface area contributed by atoms with Gasteiger partial charge in [0.1, 0.15) is 12.2 Å². The van der Waals surface area contributed by atoms with Gasteiger partial charge in [-0.25, -0.2) is 9.67 Å². The number of nitrogens with one attached hydrogen (secondary N) is 1. The van der Waals surface area contributed by atoms with Gasteiger partial charge >= 0.3 is 0 Å². The van der Waals surface area contributed by atoms with Crippen LogP contribution in [-0.2, 0) is 6.54 Å². The Hall–Kier alpha value is -0.940. The Kier molecular flexibility index (Phi) is 5.42. The van der Waals surface area contributed by atoms with Gasteiger partial charge in [-0.15, -0.1) is 0 Å². The molecule has 0 spiro atoms. The largest absolute Gasteiger partial charge is 0.310 e. The fourth-order valence-electron chi connectivity index (χ4n) is 1.55. The van der Waals surface area contributed by atoms with Gasteiger partial charge in [0, 0.05) is 6.04 Å². The minimum Gasteiger partial charge on any atom is -0.310 e. The van der Waals surface area contributed by atoms with Crippen LogP contribution in [0.2, 0.25) is 0 Å². The van der Waals surface area contributed by atoms with Crippen molar-refractivity contribution in [2.24, 2.45) is 0 Å². The molecule has 1 rings (SSSR count). The summed E-state index contributed by atoms with van der Waals surface area (Å²) in [5.74, 6) is 1.01. The monoisotopic (exact) mass is 225 g/mol. The summed E-state index contributed by atoms with van der Waals surface area (Å²) in [5, 5.41) is 7.59. The predicted molar refractivity (Wildman–Crippen MR) is 65.3 cm³/mol. The Balaban J connectivity index is 2.24. The van der Waals surface area contributed by atoms with Crippen molar-refractivity contribution in [2.75, 3.05) is 27.2 Å². The highest BCUT2D eigenvalue weighted by Crippen LogP contribution is 2.04. The molecule has 0 bridgehead atoms. The van der Waals surface area contributed by atoms with Crippen molar-refractivity contribution in [3.63, 3.8) is 0 Å². The van der Waals surface area contributed by atoms with Gasteiger partial charge in [-0.2, -0.15) is 5.10 Å². The van der Waals surface area contributed by atoms with E-state index in [4.69, 9.17) is 0 Å². The Bertz CT molecular complexity index is 292. The van der Waals surface area contributed by atoms with E-state index in [1.54, 1.807) is 6.33 Å². The Morgan fingerprint density at radius 3 is 2.81 bits per heavy atom. The van der Waals surface area contributed by atoms with Gasteiger partial charge in [-0.3, -0.25) is 0 Å². The molecule has 0 aromatic carbocycles. The lowest BCUT2D eigenvalue weighted by Crippen LogP contribution is -2.23. The second-order valence-electron chi connectivity index (χ2n) is 4.55. The minimum atomic E-state index is 0.376. The van der Waals surface area contributed by atoms with Gasteiger partial charge in [-0.1, -0.05) is 0 Å². The number of hydrogen-bond donors (Lipinski definition) is 1. The normalized spacial score (nSPS) is 11.6. The summed E-state index contributed by atoms with van der Waals surface area (Å²) in [4.78, 5) is 6.44. The lowest BCUT2D eigenvalue weighted by Gasteiger charge is -2.11. The van der Waals surface area contributed by atoms with Crippen LogP contribution >= 0.6 is 0 Å². The van der Waals surface area contributed by atoms with Crippen LogP contribution in [0.3, 0.4) is 0 Å². The highest BCUT2D eigenvalue weighted by atomic mass is 15.3. The van der Waals surface area contributed by atoms with Crippen molar-refractivity contribution in [1.29, 1.82) is 0 Å². The van der Waals surface area contributed by atoms with Gasteiger partial charge in [0.25, 0.3) is 0 Å². The van der Waals surface area contributed by atoms with Crippen LogP contribution in [0.5, 0.6) is 0 Å². The molecule has 1 aromatic rings. The van der Waals surface area contributed by atoms with Gasteiger partial charge < -0.3 is 10.2 Å². The maximum absolute atomic E-state index is 4.25. The summed E-state index contributed by atoms with van der Waals surface area (Å²) in [6.07, 6.45) is 2.78. The molecule has 0 aliphatic carbocycles. The fourth-order valence-corrected chi connectivity index (χ4v) is 1.55. The molecule has 0 saturated heterocycles. The van der Waals surface area contributed by atoms with E-state index in [-0.39, 0.29) is 0 Å². The first-order valence-corrected chi connectivity index (χ1v) is 5.85. The molecule has 16 heavy (non-hydrogen) atoms. The first-order chi connectivity index (χ1) is 7.61. The van der Waals surface area contributed by atoms with Crippen LogP contribution in [0, 0.1) is 0 Å². The summed E-state index contributed by atoms with van der Waals surface area (Å²) in [6, 6.07) is 0.376. The van der Waals surface area contributed by atoms with Gasteiger partial charge in [-0.05, 0) is 47.5 Å². The average Bonchev–Trinajstić information content (AvgIpc) is 2.65. The van der Waals surface area contributed by atoms with Crippen LogP contribution in [-0.4, -0.2) is 46.8 Å². The molecule has 5 heteroatoms. The third kappa shape index (κ3) is 4.28. The van der Waals surface area contributed by atoms with Gasteiger partial charge in [0.05, 0.1) is 6.54 Å². The molecule has 0 saturated carbocycles. The molecule has 5 nitrogen and oxygen atoms in total. The highest BCUT2D eigenvalue weighted by molar-refractivity contribution is 4.85. The maximum atomic E-state index is 4.25. The summed E-state index contributed by atoms with van der Waals surface area (Å²) in [6.45, 7) is 7.16.